The van der Waals surface area contributed by atoms with Crippen LogP contribution in [0.15, 0.2) is 34.7 Å². The quantitative estimate of drug-likeness (QED) is 0.471. The maximum Gasteiger partial charge on any atom is 0.339 e. The van der Waals surface area contributed by atoms with Crippen LogP contribution >= 0.6 is 11.3 Å². The zero-order valence-electron chi connectivity index (χ0n) is 16.7. The number of nitrogens with one attached hydrogen (secondary N) is 1. The van der Waals surface area contributed by atoms with Crippen LogP contribution in [0.25, 0.3) is 10.2 Å². The Morgan fingerprint density at radius 3 is 2.66 bits per heavy atom. The Labute approximate surface area is 172 Å². The molecule has 7 nitrogen and oxygen atoms in total. The molecular formula is C21H23N3O4S. The molecule has 1 aromatic carbocycles. The molecule has 29 heavy (non-hydrogen) atoms. The molecule has 8 heteroatoms. The highest BCUT2D eigenvalue weighted by molar-refractivity contribution is 7.17. The fourth-order valence-electron chi connectivity index (χ4n) is 2.96. The van der Waals surface area contributed by atoms with E-state index in [9.17, 15) is 14.4 Å². The van der Waals surface area contributed by atoms with E-state index in [-0.39, 0.29) is 23.4 Å². The lowest BCUT2D eigenvalue weighted by Gasteiger charge is -2.12. The van der Waals surface area contributed by atoms with Crippen molar-refractivity contribution in [3.63, 3.8) is 0 Å². The van der Waals surface area contributed by atoms with Gasteiger partial charge in [-0.15, -0.1) is 11.3 Å². The summed E-state index contributed by atoms with van der Waals surface area (Å²) in [4.78, 5) is 42.4. The van der Waals surface area contributed by atoms with Gasteiger partial charge in [0.25, 0.3) is 5.56 Å². The van der Waals surface area contributed by atoms with Gasteiger partial charge < -0.3 is 10.1 Å². The summed E-state index contributed by atoms with van der Waals surface area (Å²) in [5.41, 5.74) is 2.37. The van der Waals surface area contributed by atoms with Gasteiger partial charge in [0.2, 0.25) is 5.91 Å². The molecule has 0 atom stereocenters. The fraction of sp³-hybridized carbons (Fsp3) is 0.333. The van der Waals surface area contributed by atoms with E-state index in [1.807, 2.05) is 39.0 Å². The second-order valence-corrected chi connectivity index (χ2v) is 7.67. The van der Waals surface area contributed by atoms with Crippen molar-refractivity contribution < 1.29 is 14.3 Å². The van der Waals surface area contributed by atoms with E-state index in [1.54, 1.807) is 5.38 Å². The van der Waals surface area contributed by atoms with E-state index in [4.69, 9.17) is 4.74 Å². The molecular weight excluding hydrogens is 390 g/mol. The Balaban J connectivity index is 1.84. The number of carbonyl (C=O) groups is 2. The van der Waals surface area contributed by atoms with Crippen molar-refractivity contribution >= 4 is 39.1 Å². The predicted molar refractivity (Wildman–Crippen MR) is 114 cm³/mol. The number of benzene rings is 1. The maximum atomic E-state index is 12.9. The smallest absolute Gasteiger partial charge is 0.339 e. The second kappa shape index (κ2) is 9.00. The molecule has 2 aromatic heterocycles. The number of rotatable bonds is 7. The number of unbranched alkanes of at least 4 members (excludes halogenated alkanes) is 1. The lowest BCUT2D eigenvalue weighted by molar-refractivity contribution is -0.116. The molecule has 0 saturated heterocycles. The number of hydrogen-bond donors (Lipinski definition) is 1. The average molecular weight is 413 g/mol. The minimum atomic E-state index is -0.540. The minimum absolute atomic E-state index is 0.193. The molecule has 3 rings (SSSR count). The number of aryl methyl sites for hydroxylation is 2. The Bertz CT molecular complexity index is 1100. The number of hydrogen-bond acceptors (Lipinski definition) is 6. The molecule has 2 heterocycles. The number of esters is 1. The van der Waals surface area contributed by atoms with Crippen LogP contribution in [0.1, 0.15) is 41.3 Å². The molecule has 152 valence electrons. The van der Waals surface area contributed by atoms with Crippen LogP contribution in [-0.2, 0) is 16.1 Å². The van der Waals surface area contributed by atoms with Crippen LogP contribution in [0.2, 0.25) is 0 Å². The van der Waals surface area contributed by atoms with Crippen LogP contribution in [0.4, 0.5) is 5.69 Å². The zero-order valence-corrected chi connectivity index (χ0v) is 17.5. The van der Waals surface area contributed by atoms with Crippen molar-refractivity contribution in [2.24, 2.45) is 0 Å². The first-order valence-electron chi connectivity index (χ1n) is 9.42. The van der Waals surface area contributed by atoms with E-state index in [1.165, 1.54) is 22.2 Å². The third-order valence-corrected chi connectivity index (χ3v) is 5.46. The average Bonchev–Trinajstić information content (AvgIpc) is 3.12. The van der Waals surface area contributed by atoms with Gasteiger partial charge in [-0.2, -0.15) is 0 Å². The van der Waals surface area contributed by atoms with Gasteiger partial charge in [-0.3, -0.25) is 14.2 Å². The molecule has 3 aromatic rings. The molecule has 0 aliphatic rings. The lowest BCUT2D eigenvalue weighted by Crippen LogP contribution is -2.28. The Morgan fingerprint density at radius 2 is 1.97 bits per heavy atom. The van der Waals surface area contributed by atoms with Crippen molar-refractivity contribution in [2.45, 2.75) is 40.2 Å². The van der Waals surface area contributed by atoms with Gasteiger partial charge in [0, 0.05) is 11.1 Å². The third kappa shape index (κ3) is 4.54. The summed E-state index contributed by atoms with van der Waals surface area (Å²) in [5.74, 6) is -0.880. The van der Waals surface area contributed by atoms with Gasteiger partial charge in [-0.1, -0.05) is 31.5 Å². The van der Waals surface area contributed by atoms with Gasteiger partial charge in [0.1, 0.15) is 11.4 Å². The minimum Gasteiger partial charge on any atom is -0.462 e. The number of thiophene rings is 1. The molecule has 0 fully saturated rings. The van der Waals surface area contributed by atoms with Crippen molar-refractivity contribution in [1.29, 1.82) is 0 Å². The standard InChI is InChI=1S/C21H23N3O4S/c1-4-5-9-28-21(27)15-11-29-19-17(15)20(26)24(12-22-19)10-16(25)23-18-13(2)7-6-8-14(18)3/h6-8,11-12H,4-5,9-10H2,1-3H3,(H,23,25). The number of fused-ring (bicyclic) bond motifs is 1. The lowest BCUT2D eigenvalue weighted by atomic mass is 10.1. The van der Waals surface area contributed by atoms with Crippen molar-refractivity contribution in [2.75, 3.05) is 11.9 Å². The summed E-state index contributed by atoms with van der Waals surface area (Å²) < 4.78 is 6.44. The molecule has 0 spiro atoms. The molecule has 0 saturated carbocycles. The first-order chi connectivity index (χ1) is 13.9. The highest BCUT2D eigenvalue weighted by Crippen LogP contribution is 2.22. The molecule has 1 amide bonds. The Morgan fingerprint density at radius 1 is 1.24 bits per heavy atom. The second-order valence-electron chi connectivity index (χ2n) is 6.81. The molecule has 0 radical (unpaired) electrons. The monoisotopic (exact) mass is 413 g/mol. The van der Waals surface area contributed by atoms with E-state index >= 15 is 0 Å². The number of carbonyl (C=O) groups excluding carboxylic acids is 2. The fourth-order valence-corrected chi connectivity index (χ4v) is 3.83. The summed E-state index contributed by atoms with van der Waals surface area (Å²) in [7, 11) is 0. The number of para-hydroxylation sites is 1. The topological polar surface area (TPSA) is 90.3 Å². The molecule has 0 unspecified atom stereocenters. The SMILES string of the molecule is CCCCOC(=O)c1csc2ncn(CC(=O)Nc3c(C)cccc3C)c(=O)c12. The van der Waals surface area contributed by atoms with Crippen molar-refractivity contribution in [3.05, 3.63) is 57.0 Å². The summed E-state index contributed by atoms with van der Waals surface area (Å²) >= 11 is 1.20. The highest BCUT2D eigenvalue weighted by Gasteiger charge is 2.19. The van der Waals surface area contributed by atoms with Gasteiger partial charge in [0.15, 0.2) is 0 Å². The molecule has 1 N–H and O–H groups in total. The van der Waals surface area contributed by atoms with E-state index in [2.05, 4.69) is 10.3 Å². The highest BCUT2D eigenvalue weighted by atomic mass is 32.1. The summed E-state index contributed by atoms with van der Waals surface area (Å²) in [6.07, 6.45) is 2.99. The molecule has 0 aliphatic heterocycles. The van der Waals surface area contributed by atoms with Crippen LogP contribution in [0, 0.1) is 13.8 Å². The normalized spacial score (nSPS) is 10.9. The first-order valence-corrected chi connectivity index (χ1v) is 10.3. The summed E-state index contributed by atoms with van der Waals surface area (Å²) in [5, 5.41) is 4.62. The van der Waals surface area contributed by atoms with E-state index < -0.39 is 11.5 Å². The van der Waals surface area contributed by atoms with Crippen molar-refractivity contribution in [1.82, 2.24) is 9.55 Å². The van der Waals surface area contributed by atoms with Gasteiger partial charge in [0.05, 0.1) is 23.9 Å². The molecule has 0 bridgehead atoms. The van der Waals surface area contributed by atoms with Crippen LogP contribution in [-0.4, -0.2) is 28.0 Å². The van der Waals surface area contributed by atoms with Crippen LogP contribution in [0.5, 0.6) is 0 Å². The predicted octanol–water partition coefficient (Wildman–Crippen LogP) is 3.67. The van der Waals surface area contributed by atoms with Crippen LogP contribution in [0.3, 0.4) is 0 Å². The third-order valence-electron chi connectivity index (χ3n) is 4.57. The first kappa shape index (κ1) is 20.7. The summed E-state index contributed by atoms with van der Waals surface area (Å²) in [6, 6.07) is 5.73. The molecule has 0 aliphatic carbocycles. The van der Waals surface area contributed by atoms with Gasteiger partial charge in [-0.05, 0) is 31.4 Å². The number of nitrogens with zero attached hydrogens (tertiary/aromatic N) is 2. The Kier molecular flexibility index (Phi) is 6.43. The number of amides is 1. The Hall–Kier alpha value is -3.00. The largest absolute Gasteiger partial charge is 0.462 e. The van der Waals surface area contributed by atoms with Gasteiger partial charge >= 0.3 is 5.97 Å². The van der Waals surface area contributed by atoms with Gasteiger partial charge in [-0.25, -0.2) is 9.78 Å². The zero-order chi connectivity index (χ0) is 21.0. The van der Waals surface area contributed by atoms with Crippen LogP contribution < -0.4 is 10.9 Å². The van der Waals surface area contributed by atoms with Crippen molar-refractivity contribution in [3.8, 4) is 0 Å². The van der Waals surface area contributed by atoms with E-state index in [0.717, 1.165) is 29.7 Å². The number of ether oxygens (including phenoxy) is 1. The maximum absolute atomic E-state index is 12.9. The number of aromatic nitrogens is 2. The number of anilines is 1. The van der Waals surface area contributed by atoms with E-state index in [0.29, 0.717) is 11.4 Å². The summed E-state index contributed by atoms with van der Waals surface area (Å²) in [6.45, 7) is 5.92.